The molecule has 0 atom stereocenters. The largest absolute Gasteiger partial charge is 0.484 e. The fourth-order valence-electron chi connectivity index (χ4n) is 1.99. The van der Waals surface area contributed by atoms with Gasteiger partial charge in [0, 0.05) is 0 Å². The van der Waals surface area contributed by atoms with Crippen LogP contribution in [0.15, 0.2) is 40.8 Å². The molecule has 1 aromatic heterocycles. The molecule has 0 spiro atoms. The molecule has 3 aromatic rings. The Morgan fingerprint density at radius 1 is 1.30 bits per heavy atom. The van der Waals surface area contributed by atoms with Crippen molar-refractivity contribution >= 4 is 16.8 Å². The van der Waals surface area contributed by atoms with Crippen molar-refractivity contribution in [2.75, 3.05) is 5.73 Å². The quantitative estimate of drug-likeness (QED) is 0.742. The third-order valence-electron chi connectivity index (χ3n) is 2.98. The first-order valence-electron chi connectivity index (χ1n) is 6.16. The number of hydrogen-bond acceptors (Lipinski definition) is 4. The minimum Gasteiger partial charge on any atom is -0.484 e. The van der Waals surface area contributed by atoms with Crippen LogP contribution in [0.25, 0.3) is 11.1 Å². The second-order valence-electron chi connectivity index (χ2n) is 4.50. The molecule has 0 radical (unpaired) electrons. The number of para-hydroxylation sites is 1. The van der Waals surface area contributed by atoms with Gasteiger partial charge in [-0.1, -0.05) is 6.07 Å². The minimum atomic E-state index is -0.288. The molecule has 2 N–H and O–H groups in total. The summed E-state index contributed by atoms with van der Waals surface area (Å²) >= 11 is 0. The SMILES string of the molecule is Cc1cc(F)ccc1OCc1nc2c(N)cccc2o1. The van der Waals surface area contributed by atoms with Crippen LogP contribution in [0.2, 0.25) is 0 Å². The lowest BCUT2D eigenvalue weighted by Gasteiger charge is -2.06. The lowest BCUT2D eigenvalue weighted by atomic mass is 10.2. The van der Waals surface area contributed by atoms with Crippen LogP contribution >= 0.6 is 0 Å². The molecule has 1 heterocycles. The molecular weight excluding hydrogens is 259 g/mol. The van der Waals surface area contributed by atoms with Crippen LogP contribution in [-0.4, -0.2) is 4.98 Å². The molecule has 0 aliphatic heterocycles. The van der Waals surface area contributed by atoms with Crippen molar-refractivity contribution in [1.82, 2.24) is 4.98 Å². The fraction of sp³-hybridized carbons (Fsp3) is 0.133. The van der Waals surface area contributed by atoms with Gasteiger partial charge in [-0.2, -0.15) is 0 Å². The molecule has 0 saturated heterocycles. The summed E-state index contributed by atoms with van der Waals surface area (Å²) in [6.45, 7) is 1.95. The van der Waals surface area contributed by atoms with E-state index in [1.54, 1.807) is 31.2 Å². The highest BCUT2D eigenvalue weighted by atomic mass is 19.1. The average molecular weight is 272 g/mol. The molecule has 3 rings (SSSR count). The highest BCUT2D eigenvalue weighted by Crippen LogP contribution is 2.23. The number of rotatable bonds is 3. The third-order valence-corrected chi connectivity index (χ3v) is 2.98. The van der Waals surface area contributed by atoms with E-state index in [4.69, 9.17) is 14.9 Å². The molecule has 102 valence electrons. The number of benzene rings is 2. The zero-order valence-corrected chi connectivity index (χ0v) is 10.9. The van der Waals surface area contributed by atoms with Gasteiger partial charge in [-0.25, -0.2) is 9.37 Å². The first kappa shape index (κ1) is 12.5. The molecule has 0 aliphatic rings. The number of halogens is 1. The normalized spacial score (nSPS) is 10.9. The standard InChI is InChI=1S/C15H13FN2O2/c1-9-7-10(16)5-6-12(9)19-8-14-18-15-11(17)3-2-4-13(15)20-14/h2-7H,8,17H2,1H3. The topological polar surface area (TPSA) is 61.3 Å². The molecule has 0 saturated carbocycles. The van der Waals surface area contributed by atoms with Crippen LogP contribution < -0.4 is 10.5 Å². The van der Waals surface area contributed by atoms with E-state index in [1.807, 2.05) is 0 Å². The van der Waals surface area contributed by atoms with Gasteiger partial charge >= 0.3 is 0 Å². The van der Waals surface area contributed by atoms with E-state index in [-0.39, 0.29) is 12.4 Å². The Morgan fingerprint density at radius 2 is 2.15 bits per heavy atom. The molecular formula is C15H13FN2O2. The van der Waals surface area contributed by atoms with Gasteiger partial charge in [0.05, 0.1) is 5.69 Å². The van der Waals surface area contributed by atoms with E-state index in [0.29, 0.717) is 28.4 Å². The lowest BCUT2D eigenvalue weighted by Crippen LogP contribution is -1.97. The summed E-state index contributed by atoms with van der Waals surface area (Å²) in [7, 11) is 0. The molecule has 2 aromatic carbocycles. The Kier molecular flexibility index (Phi) is 3.02. The van der Waals surface area contributed by atoms with Crippen molar-refractivity contribution in [2.24, 2.45) is 0 Å². The third kappa shape index (κ3) is 2.30. The number of nitrogens with zero attached hydrogens (tertiary/aromatic N) is 1. The van der Waals surface area contributed by atoms with Crippen LogP contribution in [0.5, 0.6) is 5.75 Å². The fourth-order valence-corrected chi connectivity index (χ4v) is 1.99. The summed E-state index contributed by atoms with van der Waals surface area (Å²) in [5, 5.41) is 0. The van der Waals surface area contributed by atoms with Gasteiger partial charge in [0.15, 0.2) is 12.2 Å². The Bertz CT molecular complexity index is 768. The van der Waals surface area contributed by atoms with Crippen molar-refractivity contribution in [3.8, 4) is 5.75 Å². The molecule has 20 heavy (non-hydrogen) atoms. The Morgan fingerprint density at radius 3 is 2.90 bits per heavy atom. The number of aromatic nitrogens is 1. The second kappa shape index (κ2) is 4.85. The summed E-state index contributed by atoms with van der Waals surface area (Å²) in [5.41, 5.74) is 8.35. The predicted octanol–water partition coefficient (Wildman–Crippen LogP) is 3.44. The molecule has 0 bridgehead atoms. The number of oxazole rings is 1. The minimum absolute atomic E-state index is 0.167. The van der Waals surface area contributed by atoms with Crippen LogP contribution in [0.3, 0.4) is 0 Å². The summed E-state index contributed by atoms with van der Waals surface area (Å²) < 4.78 is 24.1. The maximum absolute atomic E-state index is 13.0. The number of anilines is 1. The number of nitrogens with two attached hydrogens (primary N) is 1. The van der Waals surface area contributed by atoms with Gasteiger partial charge in [0.1, 0.15) is 17.1 Å². The van der Waals surface area contributed by atoms with E-state index >= 15 is 0 Å². The van der Waals surface area contributed by atoms with Crippen LogP contribution in [0, 0.1) is 12.7 Å². The van der Waals surface area contributed by atoms with Crippen molar-refractivity contribution < 1.29 is 13.5 Å². The number of ether oxygens (including phenoxy) is 1. The van der Waals surface area contributed by atoms with Crippen molar-refractivity contribution in [2.45, 2.75) is 13.5 Å². The monoisotopic (exact) mass is 272 g/mol. The van der Waals surface area contributed by atoms with E-state index in [2.05, 4.69) is 4.98 Å². The highest BCUT2D eigenvalue weighted by Gasteiger charge is 2.09. The van der Waals surface area contributed by atoms with Gasteiger partial charge < -0.3 is 14.9 Å². The van der Waals surface area contributed by atoms with E-state index in [9.17, 15) is 4.39 Å². The number of aryl methyl sites for hydroxylation is 1. The molecule has 0 unspecified atom stereocenters. The number of fused-ring (bicyclic) bond motifs is 1. The Labute approximate surface area is 115 Å². The first-order valence-corrected chi connectivity index (χ1v) is 6.16. The zero-order valence-electron chi connectivity index (χ0n) is 10.9. The summed E-state index contributed by atoms with van der Waals surface area (Å²) in [6.07, 6.45) is 0. The van der Waals surface area contributed by atoms with Gasteiger partial charge in [-0.05, 0) is 42.8 Å². The molecule has 4 nitrogen and oxygen atoms in total. The summed E-state index contributed by atoms with van der Waals surface area (Å²) in [6, 6.07) is 9.72. The molecule has 0 fully saturated rings. The maximum Gasteiger partial charge on any atom is 0.233 e. The number of hydrogen-bond donors (Lipinski definition) is 1. The van der Waals surface area contributed by atoms with Crippen molar-refractivity contribution in [3.63, 3.8) is 0 Å². The Hall–Kier alpha value is -2.56. The molecule has 0 amide bonds. The van der Waals surface area contributed by atoms with E-state index < -0.39 is 0 Å². The summed E-state index contributed by atoms with van der Waals surface area (Å²) in [5.74, 6) is 0.743. The Balaban J connectivity index is 1.81. The van der Waals surface area contributed by atoms with E-state index in [0.717, 1.165) is 5.56 Å². The van der Waals surface area contributed by atoms with Gasteiger partial charge in [0.2, 0.25) is 5.89 Å². The first-order chi connectivity index (χ1) is 9.63. The van der Waals surface area contributed by atoms with Gasteiger partial charge in [-0.15, -0.1) is 0 Å². The van der Waals surface area contributed by atoms with Crippen LogP contribution in [0.4, 0.5) is 10.1 Å². The predicted molar refractivity (Wildman–Crippen MR) is 73.9 cm³/mol. The maximum atomic E-state index is 13.0. The molecule has 0 aliphatic carbocycles. The molecule has 5 heteroatoms. The average Bonchev–Trinajstić information content (AvgIpc) is 2.82. The van der Waals surface area contributed by atoms with Crippen molar-refractivity contribution in [3.05, 3.63) is 53.7 Å². The second-order valence-corrected chi connectivity index (χ2v) is 4.50. The van der Waals surface area contributed by atoms with Gasteiger partial charge in [0.25, 0.3) is 0 Å². The van der Waals surface area contributed by atoms with Crippen LogP contribution in [0.1, 0.15) is 11.5 Å². The smallest absolute Gasteiger partial charge is 0.233 e. The lowest BCUT2D eigenvalue weighted by molar-refractivity contribution is 0.265. The van der Waals surface area contributed by atoms with Crippen molar-refractivity contribution in [1.29, 1.82) is 0 Å². The summed E-state index contributed by atoms with van der Waals surface area (Å²) in [4.78, 5) is 4.28. The highest BCUT2D eigenvalue weighted by molar-refractivity contribution is 5.85. The zero-order chi connectivity index (χ0) is 14.1. The van der Waals surface area contributed by atoms with Gasteiger partial charge in [-0.3, -0.25) is 0 Å². The van der Waals surface area contributed by atoms with E-state index in [1.165, 1.54) is 12.1 Å². The van der Waals surface area contributed by atoms with Crippen LogP contribution in [-0.2, 0) is 6.61 Å². The number of nitrogen functional groups attached to an aromatic ring is 1.